The van der Waals surface area contributed by atoms with E-state index in [1.54, 1.807) is 30.5 Å². The number of anilines is 1. The van der Waals surface area contributed by atoms with Crippen LogP contribution in [0.2, 0.25) is 0 Å². The normalized spacial score (nSPS) is 12.0. The number of aromatic nitrogens is 4. The third-order valence-corrected chi connectivity index (χ3v) is 5.29. The van der Waals surface area contributed by atoms with Gasteiger partial charge in [0.2, 0.25) is 0 Å². The first-order valence-electron chi connectivity index (χ1n) is 8.43. The van der Waals surface area contributed by atoms with Crippen molar-refractivity contribution in [2.75, 3.05) is 11.8 Å². The molecule has 0 aliphatic rings. The fourth-order valence-electron chi connectivity index (χ4n) is 2.43. The standard InChI is InChI=1S/C18H21N5O4S/c1-18(2,3)14-10-16(23(21-14)15-7-5-6-8-19-15)22-28(25,26)12-9-13(20-11-12)17(24)27-4/h5-11,20,22H,1-4H3. The molecule has 0 spiro atoms. The van der Waals surface area contributed by atoms with Gasteiger partial charge in [-0.15, -0.1) is 0 Å². The van der Waals surface area contributed by atoms with Crippen molar-refractivity contribution >= 4 is 21.8 Å². The van der Waals surface area contributed by atoms with Crippen LogP contribution in [-0.4, -0.2) is 41.2 Å². The lowest BCUT2D eigenvalue weighted by Crippen LogP contribution is -2.16. The third kappa shape index (κ3) is 3.91. The minimum absolute atomic E-state index is 0.0384. The number of aromatic amines is 1. The van der Waals surface area contributed by atoms with Crippen LogP contribution in [-0.2, 0) is 20.2 Å². The molecule has 0 aromatic carbocycles. The highest BCUT2D eigenvalue weighted by Crippen LogP contribution is 2.27. The molecule has 0 saturated carbocycles. The summed E-state index contributed by atoms with van der Waals surface area (Å²) in [4.78, 5) is 18.3. The van der Waals surface area contributed by atoms with Gasteiger partial charge in [-0.05, 0) is 18.2 Å². The molecular formula is C18H21N5O4S. The van der Waals surface area contributed by atoms with Crippen molar-refractivity contribution in [2.45, 2.75) is 31.1 Å². The number of carbonyl (C=O) groups is 1. The van der Waals surface area contributed by atoms with Crippen molar-refractivity contribution in [3.63, 3.8) is 0 Å². The maximum atomic E-state index is 12.8. The first kappa shape index (κ1) is 19.6. The second-order valence-electron chi connectivity index (χ2n) is 7.11. The molecule has 9 nitrogen and oxygen atoms in total. The number of hydrogen-bond donors (Lipinski definition) is 2. The Morgan fingerprint density at radius 3 is 2.61 bits per heavy atom. The Labute approximate surface area is 162 Å². The summed E-state index contributed by atoms with van der Waals surface area (Å²) in [6.07, 6.45) is 2.82. The van der Waals surface area contributed by atoms with Gasteiger partial charge >= 0.3 is 5.97 Å². The Kier molecular flexibility index (Phi) is 4.99. The molecule has 0 bridgehead atoms. The van der Waals surface area contributed by atoms with E-state index in [9.17, 15) is 13.2 Å². The molecule has 0 aliphatic heterocycles. The average Bonchev–Trinajstić information content (AvgIpc) is 3.29. The van der Waals surface area contributed by atoms with Gasteiger partial charge in [-0.2, -0.15) is 9.78 Å². The summed E-state index contributed by atoms with van der Waals surface area (Å²) in [5.74, 6) is 0.0551. The van der Waals surface area contributed by atoms with Crippen LogP contribution in [0.15, 0.2) is 47.6 Å². The molecule has 0 aliphatic carbocycles. The Bertz CT molecular complexity index is 1090. The molecule has 0 radical (unpaired) electrons. The zero-order valence-electron chi connectivity index (χ0n) is 15.9. The van der Waals surface area contributed by atoms with Crippen molar-refractivity contribution in [3.8, 4) is 5.82 Å². The molecule has 0 saturated heterocycles. The third-order valence-electron chi connectivity index (χ3n) is 3.96. The predicted molar refractivity (Wildman–Crippen MR) is 103 cm³/mol. The second kappa shape index (κ2) is 7.12. The van der Waals surface area contributed by atoms with Crippen LogP contribution < -0.4 is 4.72 Å². The summed E-state index contributed by atoms with van der Waals surface area (Å²) in [7, 11) is -2.76. The zero-order chi connectivity index (χ0) is 20.5. The number of nitrogens with one attached hydrogen (secondary N) is 2. The smallest absolute Gasteiger partial charge is 0.354 e. The van der Waals surface area contributed by atoms with Gasteiger partial charge in [0.05, 0.1) is 12.8 Å². The Balaban J connectivity index is 2.02. The Hall–Kier alpha value is -3.14. The van der Waals surface area contributed by atoms with Crippen LogP contribution in [0.5, 0.6) is 0 Å². The lowest BCUT2D eigenvalue weighted by atomic mass is 9.92. The number of methoxy groups -OCH3 is 1. The number of pyridine rings is 1. The molecule has 0 atom stereocenters. The van der Waals surface area contributed by atoms with E-state index in [0.29, 0.717) is 11.5 Å². The van der Waals surface area contributed by atoms with Crippen molar-refractivity contribution < 1.29 is 17.9 Å². The second-order valence-corrected chi connectivity index (χ2v) is 8.79. The number of carbonyl (C=O) groups excluding carboxylic acids is 1. The van der Waals surface area contributed by atoms with Crippen molar-refractivity contribution in [2.24, 2.45) is 0 Å². The molecule has 2 N–H and O–H groups in total. The van der Waals surface area contributed by atoms with Crippen LogP contribution in [0.4, 0.5) is 5.82 Å². The summed E-state index contributed by atoms with van der Waals surface area (Å²) in [5.41, 5.74) is 0.434. The first-order chi connectivity index (χ1) is 13.1. The van der Waals surface area contributed by atoms with Crippen LogP contribution in [0.1, 0.15) is 37.0 Å². The molecule has 3 heterocycles. The van der Waals surface area contributed by atoms with Gasteiger partial charge < -0.3 is 9.72 Å². The lowest BCUT2D eigenvalue weighted by molar-refractivity contribution is 0.0594. The van der Waals surface area contributed by atoms with Gasteiger partial charge in [0.15, 0.2) is 5.82 Å². The number of hydrogen-bond acceptors (Lipinski definition) is 6. The van der Waals surface area contributed by atoms with E-state index < -0.39 is 16.0 Å². The Morgan fingerprint density at radius 2 is 2.00 bits per heavy atom. The van der Waals surface area contributed by atoms with E-state index in [1.807, 2.05) is 20.8 Å². The van der Waals surface area contributed by atoms with Crippen molar-refractivity contribution in [1.82, 2.24) is 19.7 Å². The van der Waals surface area contributed by atoms with E-state index in [0.717, 1.165) is 0 Å². The van der Waals surface area contributed by atoms with E-state index in [4.69, 9.17) is 0 Å². The monoisotopic (exact) mass is 403 g/mol. The van der Waals surface area contributed by atoms with E-state index >= 15 is 0 Å². The highest BCUT2D eigenvalue weighted by Gasteiger charge is 2.25. The Morgan fingerprint density at radius 1 is 1.25 bits per heavy atom. The molecule has 28 heavy (non-hydrogen) atoms. The highest BCUT2D eigenvalue weighted by atomic mass is 32.2. The highest BCUT2D eigenvalue weighted by molar-refractivity contribution is 7.92. The molecule has 3 aromatic rings. The van der Waals surface area contributed by atoms with Crippen molar-refractivity contribution in [1.29, 1.82) is 0 Å². The fourth-order valence-corrected chi connectivity index (χ4v) is 3.45. The van der Waals surface area contributed by atoms with Gasteiger partial charge in [-0.25, -0.2) is 18.2 Å². The van der Waals surface area contributed by atoms with Crippen LogP contribution in [0, 0.1) is 0 Å². The molecule has 0 amide bonds. The van der Waals surface area contributed by atoms with Gasteiger partial charge in [-0.1, -0.05) is 26.8 Å². The summed E-state index contributed by atoms with van der Waals surface area (Å²) in [5, 5.41) is 4.52. The van der Waals surface area contributed by atoms with Gasteiger partial charge in [0.25, 0.3) is 10.0 Å². The number of ether oxygens (including phenoxy) is 1. The summed E-state index contributed by atoms with van der Waals surface area (Å²) >= 11 is 0. The predicted octanol–water partition coefficient (Wildman–Crippen LogP) is 2.48. The van der Waals surface area contributed by atoms with E-state index in [2.05, 4.69) is 24.5 Å². The van der Waals surface area contributed by atoms with Crippen LogP contribution in [0.25, 0.3) is 5.82 Å². The van der Waals surface area contributed by atoms with Gasteiger partial charge in [0.1, 0.15) is 16.4 Å². The molecule has 10 heteroatoms. The molecule has 0 unspecified atom stereocenters. The molecule has 0 fully saturated rings. The maximum absolute atomic E-state index is 12.8. The molecule has 3 rings (SSSR count). The number of sulfonamides is 1. The lowest BCUT2D eigenvalue weighted by Gasteiger charge is -2.13. The maximum Gasteiger partial charge on any atom is 0.354 e. The molecular weight excluding hydrogens is 382 g/mol. The first-order valence-corrected chi connectivity index (χ1v) is 9.91. The fraction of sp³-hybridized carbons (Fsp3) is 0.278. The van der Waals surface area contributed by atoms with E-state index in [-0.39, 0.29) is 21.8 Å². The quantitative estimate of drug-likeness (QED) is 0.632. The number of rotatable bonds is 5. The zero-order valence-corrected chi connectivity index (χ0v) is 16.7. The minimum atomic E-state index is -3.97. The topological polar surface area (TPSA) is 119 Å². The van der Waals surface area contributed by atoms with Crippen molar-refractivity contribution in [3.05, 3.63) is 54.1 Å². The number of nitrogens with zero attached hydrogens (tertiary/aromatic N) is 3. The van der Waals surface area contributed by atoms with Gasteiger partial charge in [-0.3, -0.25) is 4.72 Å². The molecule has 148 valence electrons. The van der Waals surface area contributed by atoms with Gasteiger partial charge in [0, 0.05) is 23.9 Å². The average molecular weight is 403 g/mol. The summed E-state index contributed by atoms with van der Waals surface area (Å²) in [6.45, 7) is 5.93. The number of H-pyrrole nitrogens is 1. The summed E-state index contributed by atoms with van der Waals surface area (Å²) < 4.78 is 34.2. The largest absolute Gasteiger partial charge is 0.464 e. The number of esters is 1. The van der Waals surface area contributed by atoms with E-state index in [1.165, 1.54) is 24.1 Å². The molecule has 3 aromatic heterocycles. The minimum Gasteiger partial charge on any atom is -0.464 e. The van der Waals surface area contributed by atoms with Crippen LogP contribution in [0.3, 0.4) is 0 Å². The van der Waals surface area contributed by atoms with Crippen LogP contribution >= 0.6 is 0 Å². The SMILES string of the molecule is COC(=O)c1cc(S(=O)(=O)Nc2cc(C(C)(C)C)nn2-c2ccccn2)c[nH]1. The summed E-state index contributed by atoms with van der Waals surface area (Å²) in [6, 6.07) is 8.15.